The molecule has 0 spiro atoms. The molecule has 0 radical (unpaired) electrons. The number of aliphatic carboxylic acids is 1. The summed E-state index contributed by atoms with van der Waals surface area (Å²) in [5.41, 5.74) is 0. The zero-order chi connectivity index (χ0) is 10.8. The minimum atomic E-state index is -0.651. The molecular formula is C12H24O2. The van der Waals surface area contributed by atoms with Gasteiger partial charge in [-0.1, -0.05) is 52.4 Å². The summed E-state index contributed by atoms with van der Waals surface area (Å²) in [6.45, 7) is 4.37. The van der Waals surface area contributed by atoms with E-state index in [0.717, 1.165) is 6.42 Å². The van der Waals surface area contributed by atoms with Crippen LogP contribution in [0.1, 0.15) is 65.2 Å². The van der Waals surface area contributed by atoms with Gasteiger partial charge in [0, 0.05) is 6.42 Å². The number of carbonyl (C=O) groups is 1. The highest BCUT2D eigenvalue weighted by molar-refractivity contribution is 5.66. The van der Waals surface area contributed by atoms with Crippen molar-refractivity contribution in [3.05, 3.63) is 0 Å². The fraction of sp³-hybridized carbons (Fsp3) is 0.917. The smallest absolute Gasteiger partial charge is 0.303 e. The molecule has 1 unspecified atom stereocenters. The number of rotatable bonds is 9. The second-order valence-electron chi connectivity index (χ2n) is 4.08. The molecule has 0 rings (SSSR count). The quantitative estimate of drug-likeness (QED) is 0.574. The summed E-state index contributed by atoms with van der Waals surface area (Å²) in [5.74, 6) is -0.00996. The molecule has 0 amide bonds. The predicted molar refractivity (Wildman–Crippen MR) is 59.4 cm³/mol. The molecule has 0 aliphatic heterocycles. The molecule has 1 N–H and O–H groups in total. The molecule has 0 aromatic heterocycles. The molecule has 0 aliphatic carbocycles. The lowest BCUT2D eigenvalue weighted by Gasteiger charge is -2.14. The minimum absolute atomic E-state index is 0.344. The Hall–Kier alpha value is -0.530. The van der Waals surface area contributed by atoms with Crippen LogP contribution < -0.4 is 0 Å². The largest absolute Gasteiger partial charge is 0.481 e. The summed E-state index contributed by atoms with van der Waals surface area (Å²) in [5, 5.41) is 8.60. The van der Waals surface area contributed by atoms with Gasteiger partial charge in [0.15, 0.2) is 0 Å². The number of carboxylic acid groups (broad SMARTS) is 1. The highest BCUT2D eigenvalue weighted by Crippen LogP contribution is 2.20. The Morgan fingerprint density at radius 1 is 1.07 bits per heavy atom. The molecule has 0 aliphatic rings. The van der Waals surface area contributed by atoms with Crippen LogP contribution in [0, 0.1) is 5.92 Å². The Bertz CT molecular complexity index is 143. The summed E-state index contributed by atoms with van der Waals surface area (Å²) in [6, 6.07) is 0. The van der Waals surface area contributed by atoms with Crippen LogP contribution in [0.15, 0.2) is 0 Å². The number of unbranched alkanes of at least 4 members (excludes halogenated alkanes) is 2. The fourth-order valence-corrected chi connectivity index (χ4v) is 1.85. The SMILES string of the molecule is CCCCCC(CCC)CCC(=O)O. The normalized spacial score (nSPS) is 12.7. The molecule has 0 saturated heterocycles. The molecule has 0 bridgehead atoms. The third-order valence-corrected chi connectivity index (χ3v) is 2.68. The van der Waals surface area contributed by atoms with Crippen molar-refractivity contribution in [1.29, 1.82) is 0 Å². The molecule has 1 atom stereocenters. The first kappa shape index (κ1) is 13.5. The zero-order valence-electron chi connectivity index (χ0n) is 9.59. The molecular weight excluding hydrogens is 176 g/mol. The fourth-order valence-electron chi connectivity index (χ4n) is 1.85. The van der Waals surface area contributed by atoms with Gasteiger partial charge < -0.3 is 5.11 Å². The van der Waals surface area contributed by atoms with Crippen LogP contribution in [-0.2, 0) is 4.79 Å². The van der Waals surface area contributed by atoms with E-state index in [-0.39, 0.29) is 0 Å². The van der Waals surface area contributed by atoms with Crippen LogP contribution in [0.2, 0.25) is 0 Å². The van der Waals surface area contributed by atoms with Crippen molar-refractivity contribution < 1.29 is 9.90 Å². The third-order valence-electron chi connectivity index (χ3n) is 2.68. The monoisotopic (exact) mass is 200 g/mol. The van der Waals surface area contributed by atoms with E-state index in [1.165, 1.54) is 38.5 Å². The topological polar surface area (TPSA) is 37.3 Å². The van der Waals surface area contributed by atoms with Gasteiger partial charge >= 0.3 is 5.97 Å². The number of hydrogen-bond acceptors (Lipinski definition) is 1. The van der Waals surface area contributed by atoms with E-state index in [0.29, 0.717) is 12.3 Å². The van der Waals surface area contributed by atoms with Crippen molar-refractivity contribution in [3.8, 4) is 0 Å². The molecule has 0 aromatic rings. The Balaban J connectivity index is 3.59. The van der Waals surface area contributed by atoms with Crippen molar-refractivity contribution in [2.75, 3.05) is 0 Å². The summed E-state index contributed by atoms with van der Waals surface area (Å²) < 4.78 is 0. The summed E-state index contributed by atoms with van der Waals surface area (Å²) in [6.07, 6.45) is 8.60. The zero-order valence-corrected chi connectivity index (χ0v) is 9.59. The maximum atomic E-state index is 10.4. The second-order valence-corrected chi connectivity index (χ2v) is 4.08. The Morgan fingerprint density at radius 2 is 1.79 bits per heavy atom. The first-order valence-electron chi connectivity index (χ1n) is 5.92. The van der Waals surface area contributed by atoms with Gasteiger partial charge in [-0.2, -0.15) is 0 Å². The van der Waals surface area contributed by atoms with Crippen LogP contribution in [0.5, 0.6) is 0 Å². The van der Waals surface area contributed by atoms with E-state index in [4.69, 9.17) is 5.11 Å². The van der Waals surface area contributed by atoms with Crippen molar-refractivity contribution in [2.45, 2.75) is 65.2 Å². The van der Waals surface area contributed by atoms with Gasteiger partial charge in [-0.05, 0) is 12.3 Å². The van der Waals surface area contributed by atoms with E-state index in [1.807, 2.05) is 0 Å². The maximum Gasteiger partial charge on any atom is 0.303 e. The average Bonchev–Trinajstić information content (AvgIpc) is 2.14. The van der Waals surface area contributed by atoms with Gasteiger partial charge in [0.1, 0.15) is 0 Å². The summed E-state index contributed by atoms with van der Waals surface area (Å²) >= 11 is 0. The lowest BCUT2D eigenvalue weighted by molar-refractivity contribution is -0.137. The van der Waals surface area contributed by atoms with Gasteiger partial charge in [0.2, 0.25) is 0 Å². The first-order valence-corrected chi connectivity index (χ1v) is 5.92. The molecule has 14 heavy (non-hydrogen) atoms. The van der Waals surface area contributed by atoms with Crippen molar-refractivity contribution in [1.82, 2.24) is 0 Å². The molecule has 0 fully saturated rings. The van der Waals surface area contributed by atoms with E-state index in [9.17, 15) is 4.79 Å². The predicted octanol–water partition coefficient (Wildman–Crippen LogP) is 3.85. The van der Waals surface area contributed by atoms with Crippen molar-refractivity contribution in [2.24, 2.45) is 5.92 Å². The molecule has 84 valence electrons. The maximum absolute atomic E-state index is 10.4. The van der Waals surface area contributed by atoms with Crippen LogP contribution in [0.4, 0.5) is 0 Å². The average molecular weight is 200 g/mol. The molecule has 0 heterocycles. The minimum Gasteiger partial charge on any atom is -0.481 e. The first-order chi connectivity index (χ1) is 6.70. The van der Waals surface area contributed by atoms with Gasteiger partial charge in [0.25, 0.3) is 0 Å². The van der Waals surface area contributed by atoms with E-state index >= 15 is 0 Å². The van der Waals surface area contributed by atoms with Crippen LogP contribution in [0.25, 0.3) is 0 Å². The molecule has 0 aromatic carbocycles. The lowest BCUT2D eigenvalue weighted by atomic mass is 9.92. The van der Waals surface area contributed by atoms with Crippen molar-refractivity contribution >= 4 is 5.97 Å². The second kappa shape index (κ2) is 9.04. The summed E-state index contributed by atoms with van der Waals surface area (Å²) in [4.78, 5) is 10.4. The molecule has 0 saturated carbocycles. The lowest BCUT2D eigenvalue weighted by Crippen LogP contribution is -2.04. The standard InChI is InChI=1S/C12H24O2/c1-3-5-6-8-11(7-4-2)9-10-12(13)14/h11H,3-10H2,1-2H3,(H,13,14). The highest BCUT2D eigenvalue weighted by Gasteiger charge is 2.09. The van der Waals surface area contributed by atoms with Crippen LogP contribution in [0.3, 0.4) is 0 Å². The van der Waals surface area contributed by atoms with Gasteiger partial charge in [-0.15, -0.1) is 0 Å². The number of hydrogen-bond donors (Lipinski definition) is 1. The van der Waals surface area contributed by atoms with Gasteiger partial charge in [-0.3, -0.25) is 4.79 Å². The van der Waals surface area contributed by atoms with E-state index in [1.54, 1.807) is 0 Å². The van der Waals surface area contributed by atoms with E-state index < -0.39 is 5.97 Å². The number of carboxylic acids is 1. The molecule has 2 heteroatoms. The van der Waals surface area contributed by atoms with Gasteiger partial charge in [-0.25, -0.2) is 0 Å². The van der Waals surface area contributed by atoms with Crippen LogP contribution in [-0.4, -0.2) is 11.1 Å². The Kier molecular flexibility index (Phi) is 8.70. The van der Waals surface area contributed by atoms with Crippen molar-refractivity contribution in [3.63, 3.8) is 0 Å². The Morgan fingerprint density at radius 3 is 2.29 bits per heavy atom. The van der Waals surface area contributed by atoms with Crippen LogP contribution >= 0.6 is 0 Å². The molecule has 2 nitrogen and oxygen atoms in total. The third kappa shape index (κ3) is 8.09. The Labute approximate surface area is 87.7 Å². The van der Waals surface area contributed by atoms with Gasteiger partial charge in [0.05, 0.1) is 0 Å². The summed E-state index contributed by atoms with van der Waals surface area (Å²) in [7, 11) is 0. The highest BCUT2D eigenvalue weighted by atomic mass is 16.4. The van der Waals surface area contributed by atoms with E-state index in [2.05, 4.69) is 13.8 Å².